The maximum absolute atomic E-state index is 10.5. The average molecular weight is 331 g/mol. The van der Waals surface area contributed by atoms with Crippen molar-refractivity contribution in [3.63, 3.8) is 0 Å². The minimum atomic E-state index is -0.499. The van der Waals surface area contributed by atoms with Gasteiger partial charge in [-0.15, -0.1) is 5.10 Å². The smallest absolute Gasteiger partial charge is 0.165 e. The van der Waals surface area contributed by atoms with E-state index in [1.165, 1.54) is 0 Å². The van der Waals surface area contributed by atoms with Crippen LogP contribution in [-0.4, -0.2) is 56.0 Å². The predicted molar refractivity (Wildman–Crippen MR) is 89.2 cm³/mol. The molecule has 1 aromatic carbocycles. The summed E-state index contributed by atoms with van der Waals surface area (Å²) in [5, 5.41) is 22.6. The fourth-order valence-corrected chi connectivity index (χ4v) is 3.08. The molecule has 0 saturated carbocycles. The molecule has 1 aliphatic heterocycles. The summed E-state index contributed by atoms with van der Waals surface area (Å²) in [5.41, 5.74) is 0.940. The van der Waals surface area contributed by atoms with Crippen LogP contribution in [0.25, 0.3) is 0 Å². The molecule has 2 heterocycles. The number of morpholine rings is 1. The highest BCUT2D eigenvalue weighted by molar-refractivity contribution is 5.17. The monoisotopic (exact) mass is 331 g/mol. The highest BCUT2D eigenvalue weighted by atomic mass is 16.5. The summed E-state index contributed by atoms with van der Waals surface area (Å²) in [6, 6.07) is 10.1. The van der Waals surface area contributed by atoms with Crippen LogP contribution < -0.4 is 0 Å². The van der Waals surface area contributed by atoms with Crippen LogP contribution in [0.5, 0.6) is 0 Å². The molecule has 2 aromatic rings. The highest BCUT2D eigenvalue weighted by Gasteiger charge is 2.27. The molecule has 3 rings (SSSR count). The molecule has 0 aliphatic carbocycles. The summed E-state index contributed by atoms with van der Waals surface area (Å²) in [6.45, 7) is 6.93. The van der Waals surface area contributed by atoms with Gasteiger partial charge in [-0.05, 0) is 36.3 Å². The van der Waals surface area contributed by atoms with E-state index < -0.39 is 6.10 Å². The number of ether oxygens (including phenoxy) is 1. The van der Waals surface area contributed by atoms with Gasteiger partial charge in [0, 0.05) is 12.6 Å². The van der Waals surface area contributed by atoms with Gasteiger partial charge in [0.2, 0.25) is 0 Å². The SMILES string of the molecule is CC(C)n1nnnc1CN1CCOCC1CC(O)c1ccccc1. The Labute approximate surface area is 142 Å². The van der Waals surface area contributed by atoms with Crippen LogP contribution in [0.2, 0.25) is 0 Å². The molecule has 1 aliphatic rings. The minimum absolute atomic E-state index is 0.145. The maximum atomic E-state index is 10.5. The van der Waals surface area contributed by atoms with Gasteiger partial charge >= 0.3 is 0 Å². The number of aliphatic hydroxyl groups excluding tert-OH is 1. The summed E-state index contributed by atoms with van der Waals surface area (Å²) >= 11 is 0. The van der Waals surface area contributed by atoms with Gasteiger partial charge in [0.1, 0.15) is 0 Å². The summed E-state index contributed by atoms with van der Waals surface area (Å²) in [5.74, 6) is 0.853. The van der Waals surface area contributed by atoms with Crippen LogP contribution in [0.15, 0.2) is 30.3 Å². The van der Waals surface area contributed by atoms with E-state index in [9.17, 15) is 5.11 Å². The van der Waals surface area contributed by atoms with Gasteiger partial charge in [-0.1, -0.05) is 30.3 Å². The molecule has 0 amide bonds. The van der Waals surface area contributed by atoms with Crippen molar-refractivity contribution < 1.29 is 9.84 Å². The summed E-state index contributed by atoms with van der Waals surface area (Å²) in [4.78, 5) is 2.31. The Morgan fingerprint density at radius 2 is 2.08 bits per heavy atom. The second kappa shape index (κ2) is 7.83. The van der Waals surface area contributed by atoms with Crippen molar-refractivity contribution in [3.05, 3.63) is 41.7 Å². The molecule has 1 aromatic heterocycles. The zero-order valence-electron chi connectivity index (χ0n) is 14.2. The van der Waals surface area contributed by atoms with Crippen molar-refractivity contribution >= 4 is 0 Å². The number of aliphatic hydroxyl groups is 1. The van der Waals surface area contributed by atoms with Crippen molar-refractivity contribution in [2.24, 2.45) is 0 Å². The quantitative estimate of drug-likeness (QED) is 0.866. The Kier molecular flexibility index (Phi) is 5.55. The molecule has 2 unspecified atom stereocenters. The molecule has 0 spiro atoms. The Bertz CT molecular complexity index is 631. The van der Waals surface area contributed by atoms with Crippen LogP contribution >= 0.6 is 0 Å². The van der Waals surface area contributed by atoms with Gasteiger partial charge in [-0.25, -0.2) is 4.68 Å². The largest absolute Gasteiger partial charge is 0.388 e. The maximum Gasteiger partial charge on any atom is 0.165 e. The van der Waals surface area contributed by atoms with Gasteiger partial charge in [0.05, 0.1) is 31.9 Å². The van der Waals surface area contributed by atoms with E-state index in [0.29, 0.717) is 26.2 Å². The third-order valence-electron chi connectivity index (χ3n) is 4.42. The average Bonchev–Trinajstić information content (AvgIpc) is 3.06. The number of rotatable bonds is 6. The van der Waals surface area contributed by atoms with E-state index in [1.54, 1.807) is 0 Å². The molecule has 1 N–H and O–H groups in total. The molecule has 2 atom stereocenters. The highest BCUT2D eigenvalue weighted by Crippen LogP contribution is 2.23. The molecule has 130 valence electrons. The van der Waals surface area contributed by atoms with Crippen LogP contribution in [-0.2, 0) is 11.3 Å². The number of tetrazole rings is 1. The number of nitrogens with zero attached hydrogens (tertiary/aromatic N) is 5. The topological polar surface area (TPSA) is 76.3 Å². The van der Waals surface area contributed by atoms with Crippen LogP contribution in [0.1, 0.15) is 43.8 Å². The first kappa shape index (κ1) is 17.0. The third-order valence-corrected chi connectivity index (χ3v) is 4.42. The van der Waals surface area contributed by atoms with Gasteiger partial charge in [-0.3, -0.25) is 4.90 Å². The first-order valence-corrected chi connectivity index (χ1v) is 8.46. The van der Waals surface area contributed by atoms with Crippen molar-refractivity contribution in [2.75, 3.05) is 19.8 Å². The van der Waals surface area contributed by atoms with E-state index in [2.05, 4.69) is 34.3 Å². The van der Waals surface area contributed by atoms with E-state index in [0.717, 1.165) is 17.9 Å². The van der Waals surface area contributed by atoms with Crippen molar-refractivity contribution in [3.8, 4) is 0 Å². The summed E-state index contributed by atoms with van der Waals surface area (Å²) in [6.07, 6.45) is 0.134. The first-order chi connectivity index (χ1) is 11.6. The number of aromatic nitrogens is 4. The number of hydrogen-bond acceptors (Lipinski definition) is 6. The molecule has 1 saturated heterocycles. The van der Waals surface area contributed by atoms with E-state index in [1.807, 2.05) is 35.0 Å². The molecule has 7 heteroatoms. The lowest BCUT2D eigenvalue weighted by atomic mass is 10.0. The van der Waals surface area contributed by atoms with Crippen molar-refractivity contribution in [2.45, 2.75) is 45.0 Å². The van der Waals surface area contributed by atoms with E-state index >= 15 is 0 Å². The van der Waals surface area contributed by atoms with Crippen LogP contribution in [0.3, 0.4) is 0 Å². The fourth-order valence-electron chi connectivity index (χ4n) is 3.08. The standard InChI is InChI=1S/C17H25N5O2/c1-13(2)22-17(18-19-20-22)11-21-8-9-24-12-15(21)10-16(23)14-6-4-3-5-7-14/h3-7,13,15-16,23H,8-12H2,1-2H3. The van der Waals surface area contributed by atoms with Crippen molar-refractivity contribution in [1.29, 1.82) is 0 Å². The molecule has 7 nitrogen and oxygen atoms in total. The molecular formula is C17H25N5O2. The zero-order valence-corrected chi connectivity index (χ0v) is 14.2. The van der Waals surface area contributed by atoms with E-state index in [4.69, 9.17) is 4.74 Å². The number of benzene rings is 1. The second-order valence-corrected chi connectivity index (χ2v) is 6.49. The molecule has 24 heavy (non-hydrogen) atoms. The lowest BCUT2D eigenvalue weighted by Crippen LogP contribution is -2.46. The van der Waals surface area contributed by atoms with Gasteiger partial charge in [0.25, 0.3) is 0 Å². The Morgan fingerprint density at radius 3 is 2.83 bits per heavy atom. The summed E-state index contributed by atoms with van der Waals surface area (Å²) < 4.78 is 7.48. The van der Waals surface area contributed by atoms with Crippen LogP contribution in [0, 0.1) is 0 Å². The van der Waals surface area contributed by atoms with Gasteiger partial charge in [0.15, 0.2) is 5.82 Å². The van der Waals surface area contributed by atoms with Crippen LogP contribution in [0.4, 0.5) is 0 Å². The lowest BCUT2D eigenvalue weighted by molar-refractivity contribution is -0.0316. The molecule has 0 bridgehead atoms. The Balaban J connectivity index is 1.68. The van der Waals surface area contributed by atoms with Gasteiger partial charge < -0.3 is 9.84 Å². The minimum Gasteiger partial charge on any atom is -0.388 e. The molecule has 1 fully saturated rings. The predicted octanol–water partition coefficient (Wildman–Crippen LogP) is 1.58. The molecule has 0 radical (unpaired) electrons. The third kappa shape index (κ3) is 3.98. The number of hydrogen-bond donors (Lipinski definition) is 1. The first-order valence-electron chi connectivity index (χ1n) is 8.46. The fraction of sp³-hybridized carbons (Fsp3) is 0.588. The van der Waals surface area contributed by atoms with E-state index in [-0.39, 0.29) is 12.1 Å². The Morgan fingerprint density at radius 1 is 1.29 bits per heavy atom. The Hall–Kier alpha value is -1.83. The summed E-state index contributed by atoms with van der Waals surface area (Å²) in [7, 11) is 0. The lowest BCUT2D eigenvalue weighted by Gasteiger charge is -2.36. The van der Waals surface area contributed by atoms with Gasteiger partial charge in [-0.2, -0.15) is 0 Å². The van der Waals surface area contributed by atoms with Crippen molar-refractivity contribution in [1.82, 2.24) is 25.1 Å². The normalized spacial score (nSPS) is 20.4. The molecular weight excluding hydrogens is 306 g/mol. The second-order valence-electron chi connectivity index (χ2n) is 6.49. The zero-order chi connectivity index (χ0) is 16.9.